The average molecular weight is 433 g/mol. The molecule has 1 aromatic heterocycles. The molecule has 0 unspecified atom stereocenters. The summed E-state index contributed by atoms with van der Waals surface area (Å²) in [5.74, 6) is 1.44. The Labute approximate surface area is 185 Å². The molecule has 0 bridgehead atoms. The standard InChI is InChI=1S/C25H24N2O3S/c1-17-26-22(16-31-17)15-30-24-6-4-5-21(13-24)25(28)27(2)14-18-7-8-20-12-23(29-3)10-9-19(20)11-18/h4-13,16H,14-15H2,1-3H3. The Balaban J connectivity index is 1.43. The summed E-state index contributed by atoms with van der Waals surface area (Å²) in [6, 6.07) is 19.5. The predicted octanol–water partition coefficient (Wildman–Crippen LogP) is 5.46. The number of carbonyl (C=O) groups excluding carboxylic acids is 1. The smallest absolute Gasteiger partial charge is 0.254 e. The first-order valence-corrected chi connectivity index (χ1v) is 10.9. The first-order valence-electron chi connectivity index (χ1n) is 9.98. The van der Waals surface area contributed by atoms with E-state index in [4.69, 9.17) is 9.47 Å². The van der Waals surface area contributed by atoms with E-state index >= 15 is 0 Å². The van der Waals surface area contributed by atoms with E-state index in [1.165, 1.54) is 0 Å². The van der Waals surface area contributed by atoms with E-state index in [9.17, 15) is 4.79 Å². The first kappa shape index (κ1) is 20.9. The van der Waals surface area contributed by atoms with Gasteiger partial charge in [-0.05, 0) is 59.7 Å². The molecule has 0 saturated carbocycles. The Bertz CT molecular complexity index is 1220. The van der Waals surface area contributed by atoms with Crippen molar-refractivity contribution in [2.45, 2.75) is 20.1 Å². The highest BCUT2D eigenvalue weighted by Gasteiger charge is 2.13. The molecule has 0 aliphatic rings. The van der Waals surface area contributed by atoms with Crippen molar-refractivity contribution in [2.75, 3.05) is 14.2 Å². The van der Waals surface area contributed by atoms with Gasteiger partial charge in [0.25, 0.3) is 5.91 Å². The van der Waals surface area contributed by atoms with Crippen LogP contribution in [0.4, 0.5) is 0 Å². The molecule has 0 atom stereocenters. The minimum atomic E-state index is -0.0511. The molecule has 0 aliphatic heterocycles. The number of fused-ring (bicyclic) bond motifs is 1. The van der Waals surface area contributed by atoms with Crippen molar-refractivity contribution < 1.29 is 14.3 Å². The van der Waals surface area contributed by atoms with Crippen LogP contribution in [0.1, 0.15) is 26.6 Å². The third-order valence-corrected chi connectivity index (χ3v) is 5.83. The van der Waals surface area contributed by atoms with Crippen LogP contribution < -0.4 is 9.47 Å². The number of benzene rings is 3. The summed E-state index contributed by atoms with van der Waals surface area (Å²) in [6.45, 7) is 2.87. The van der Waals surface area contributed by atoms with Crippen LogP contribution in [0.5, 0.6) is 11.5 Å². The quantitative estimate of drug-likeness (QED) is 0.389. The molecule has 0 radical (unpaired) electrons. The number of nitrogens with zero attached hydrogens (tertiary/aromatic N) is 2. The van der Waals surface area contributed by atoms with E-state index in [2.05, 4.69) is 17.1 Å². The van der Waals surface area contributed by atoms with E-state index in [0.717, 1.165) is 32.8 Å². The lowest BCUT2D eigenvalue weighted by Gasteiger charge is -2.18. The zero-order valence-electron chi connectivity index (χ0n) is 17.8. The number of hydrogen-bond donors (Lipinski definition) is 0. The lowest BCUT2D eigenvalue weighted by atomic mass is 10.1. The van der Waals surface area contributed by atoms with Crippen molar-refractivity contribution in [3.8, 4) is 11.5 Å². The second kappa shape index (κ2) is 9.18. The molecular weight excluding hydrogens is 408 g/mol. The Morgan fingerprint density at radius 3 is 2.61 bits per heavy atom. The van der Waals surface area contributed by atoms with Gasteiger partial charge in [-0.3, -0.25) is 4.79 Å². The van der Waals surface area contributed by atoms with E-state index in [1.807, 2.05) is 61.8 Å². The van der Waals surface area contributed by atoms with Crippen LogP contribution in [0, 0.1) is 6.92 Å². The normalized spacial score (nSPS) is 10.8. The fraction of sp³-hybridized carbons (Fsp3) is 0.200. The summed E-state index contributed by atoms with van der Waals surface area (Å²) in [5.41, 5.74) is 2.56. The second-order valence-corrected chi connectivity index (χ2v) is 8.45. The summed E-state index contributed by atoms with van der Waals surface area (Å²) >= 11 is 1.60. The predicted molar refractivity (Wildman–Crippen MR) is 124 cm³/mol. The number of carbonyl (C=O) groups is 1. The van der Waals surface area contributed by atoms with Crippen molar-refractivity contribution in [1.82, 2.24) is 9.88 Å². The van der Waals surface area contributed by atoms with Gasteiger partial charge in [-0.1, -0.05) is 24.3 Å². The number of methoxy groups -OCH3 is 1. The van der Waals surface area contributed by atoms with E-state index in [0.29, 0.717) is 24.5 Å². The molecule has 6 heteroatoms. The summed E-state index contributed by atoms with van der Waals surface area (Å²) in [7, 11) is 3.47. The van der Waals surface area contributed by atoms with Gasteiger partial charge in [0, 0.05) is 24.5 Å². The van der Waals surface area contributed by atoms with E-state index < -0.39 is 0 Å². The lowest BCUT2D eigenvalue weighted by molar-refractivity contribution is 0.0784. The van der Waals surface area contributed by atoms with Crippen molar-refractivity contribution >= 4 is 28.0 Å². The van der Waals surface area contributed by atoms with E-state index in [-0.39, 0.29) is 5.91 Å². The topological polar surface area (TPSA) is 51.7 Å². The number of hydrogen-bond acceptors (Lipinski definition) is 5. The zero-order chi connectivity index (χ0) is 21.8. The van der Waals surface area contributed by atoms with Gasteiger partial charge in [0.1, 0.15) is 18.1 Å². The third kappa shape index (κ3) is 5.03. The molecule has 1 heterocycles. The molecule has 0 spiro atoms. The van der Waals surface area contributed by atoms with Crippen LogP contribution in [-0.4, -0.2) is 29.9 Å². The number of thiazole rings is 1. The minimum absolute atomic E-state index is 0.0511. The Morgan fingerprint density at radius 2 is 1.84 bits per heavy atom. The minimum Gasteiger partial charge on any atom is -0.497 e. The molecular formula is C25H24N2O3S. The fourth-order valence-electron chi connectivity index (χ4n) is 3.42. The van der Waals surface area contributed by atoms with Gasteiger partial charge < -0.3 is 14.4 Å². The van der Waals surface area contributed by atoms with Crippen molar-refractivity contribution in [3.05, 3.63) is 87.9 Å². The zero-order valence-corrected chi connectivity index (χ0v) is 18.6. The SMILES string of the molecule is COc1ccc2cc(CN(C)C(=O)c3cccc(OCc4csc(C)n4)c3)ccc2c1. The summed E-state index contributed by atoms with van der Waals surface area (Å²) in [4.78, 5) is 19.1. The Morgan fingerprint density at radius 1 is 1.03 bits per heavy atom. The number of aromatic nitrogens is 1. The monoisotopic (exact) mass is 432 g/mol. The highest BCUT2D eigenvalue weighted by molar-refractivity contribution is 7.09. The third-order valence-electron chi connectivity index (χ3n) is 5.01. The van der Waals surface area contributed by atoms with E-state index in [1.54, 1.807) is 29.4 Å². The van der Waals surface area contributed by atoms with Crippen LogP contribution in [0.3, 0.4) is 0 Å². The maximum atomic E-state index is 13.0. The molecule has 0 fully saturated rings. The fourth-order valence-corrected chi connectivity index (χ4v) is 4.01. The van der Waals surface area contributed by atoms with Crippen LogP contribution >= 0.6 is 11.3 Å². The molecule has 3 aromatic carbocycles. The van der Waals surface area contributed by atoms with Crippen LogP contribution in [0.15, 0.2) is 66.0 Å². The van der Waals surface area contributed by atoms with Crippen molar-refractivity contribution in [3.63, 3.8) is 0 Å². The molecule has 0 aliphatic carbocycles. The highest BCUT2D eigenvalue weighted by atomic mass is 32.1. The highest BCUT2D eigenvalue weighted by Crippen LogP contribution is 2.23. The average Bonchev–Trinajstić information content (AvgIpc) is 3.22. The summed E-state index contributed by atoms with van der Waals surface area (Å²) < 4.78 is 11.1. The molecule has 0 saturated heterocycles. The molecule has 0 N–H and O–H groups in total. The maximum Gasteiger partial charge on any atom is 0.254 e. The Hall–Kier alpha value is -3.38. The van der Waals surface area contributed by atoms with Crippen molar-refractivity contribution in [1.29, 1.82) is 0 Å². The van der Waals surface area contributed by atoms with Gasteiger partial charge in [-0.25, -0.2) is 4.98 Å². The van der Waals surface area contributed by atoms with Gasteiger partial charge in [0.05, 0.1) is 17.8 Å². The first-order chi connectivity index (χ1) is 15.0. The molecule has 4 aromatic rings. The van der Waals surface area contributed by atoms with Crippen LogP contribution in [0.25, 0.3) is 10.8 Å². The molecule has 5 nitrogen and oxygen atoms in total. The maximum absolute atomic E-state index is 13.0. The largest absolute Gasteiger partial charge is 0.497 e. The summed E-state index contributed by atoms with van der Waals surface area (Å²) in [6.07, 6.45) is 0. The number of aryl methyl sites for hydroxylation is 1. The Kier molecular flexibility index (Phi) is 6.18. The van der Waals surface area contributed by atoms with Crippen molar-refractivity contribution in [2.24, 2.45) is 0 Å². The molecule has 4 rings (SSSR count). The number of amides is 1. The van der Waals surface area contributed by atoms with Crippen LogP contribution in [0.2, 0.25) is 0 Å². The number of rotatable bonds is 7. The molecule has 1 amide bonds. The summed E-state index contributed by atoms with van der Waals surface area (Å²) in [5, 5.41) is 5.22. The van der Waals surface area contributed by atoms with Gasteiger partial charge >= 0.3 is 0 Å². The van der Waals surface area contributed by atoms with Gasteiger partial charge in [0.2, 0.25) is 0 Å². The van der Waals surface area contributed by atoms with Gasteiger partial charge in [-0.15, -0.1) is 11.3 Å². The lowest BCUT2D eigenvalue weighted by Crippen LogP contribution is -2.26. The second-order valence-electron chi connectivity index (χ2n) is 7.38. The molecule has 31 heavy (non-hydrogen) atoms. The van der Waals surface area contributed by atoms with Crippen LogP contribution in [-0.2, 0) is 13.2 Å². The molecule has 158 valence electrons. The van der Waals surface area contributed by atoms with Gasteiger partial charge in [0.15, 0.2) is 0 Å². The van der Waals surface area contributed by atoms with Gasteiger partial charge in [-0.2, -0.15) is 0 Å². The number of ether oxygens (including phenoxy) is 2.